The van der Waals surface area contributed by atoms with Crippen molar-refractivity contribution in [2.24, 2.45) is 0 Å². The Morgan fingerprint density at radius 2 is 2.13 bits per heavy atom. The van der Waals surface area contributed by atoms with Crippen LogP contribution in [0, 0.1) is 23.0 Å². The maximum absolute atomic E-state index is 13.2. The van der Waals surface area contributed by atoms with E-state index in [1.54, 1.807) is 6.07 Å². The van der Waals surface area contributed by atoms with Gasteiger partial charge < -0.3 is 0 Å². The van der Waals surface area contributed by atoms with Crippen molar-refractivity contribution < 1.29 is 8.78 Å². The van der Waals surface area contributed by atoms with Crippen LogP contribution in [0.15, 0.2) is 18.6 Å². The molecule has 74 valence electrons. The van der Waals surface area contributed by atoms with Crippen LogP contribution >= 0.6 is 0 Å². The molecule has 0 amide bonds. The molecule has 2 rings (SSSR count). The van der Waals surface area contributed by atoms with Gasteiger partial charge >= 0.3 is 0 Å². The molecule has 0 aliphatic heterocycles. The van der Waals surface area contributed by atoms with Crippen molar-refractivity contribution in [3.05, 3.63) is 36.0 Å². The van der Waals surface area contributed by atoms with Crippen LogP contribution < -0.4 is 0 Å². The lowest BCUT2D eigenvalue weighted by molar-refractivity contribution is 0.560. The average molecular weight is 207 g/mol. The molecule has 2 aromatic rings. The zero-order valence-corrected chi connectivity index (χ0v) is 7.22. The molecule has 0 N–H and O–H groups in total. The summed E-state index contributed by atoms with van der Waals surface area (Å²) in [6.45, 7) is 0. The van der Waals surface area contributed by atoms with Crippen LogP contribution in [0.5, 0.6) is 0 Å². The Kier molecular flexibility index (Phi) is 2.10. The van der Waals surface area contributed by atoms with Crippen molar-refractivity contribution >= 4 is 0 Å². The van der Waals surface area contributed by atoms with Gasteiger partial charge in [0.2, 0.25) is 0 Å². The van der Waals surface area contributed by atoms with E-state index in [-0.39, 0.29) is 11.6 Å². The van der Waals surface area contributed by atoms with Gasteiger partial charge in [0, 0.05) is 6.07 Å². The molecule has 5 nitrogen and oxygen atoms in total. The van der Waals surface area contributed by atoms with Crippen molar-refractivity contribution in [2.45, 2.75) is 0 Å². The highest BCUT2D eigenvalue weighted by Gasteiger charge is 2.09. The van der Waals surface area contributed by atoms with Crippen LogP contribution in [-0.4, -0.2) is 19.7 Å². The highest BCUT2D eigenvalue weighted by molar-refractivity contribution is 5.23. The Balaban J connectivity index is 2.50. The fourth-order valence-electron chi connectivity index (χ4n) is 0.992. The number of nitriles is 1. The lowest BCUT2D eigenvalue weighted by Gasteiger charge is -1.99. The number of hydrogen-bond acceptors (Lipinski definition) is 4. The van der Waals surface area contributed by atoms with Crippen molar-refractivity contribution in [1.82, 2.24) is 19.7 Å². The third-order valence-electron chi connectivity index (χ3n) is 1.60. The first-order valence-corrected chi connectivity index (χ1v) is 3.84. The molecule has 15 heavy (non-hydrogen) atoms. The van der Waals surface area contributed by atoms with Gasteiger partial charge in [-0.25, -0.2) is 18.7 Å². The number of hydrogen-bond donors (Lipinski definition) is 0. The van der Waals surface area contributed by atoms with Gasteiger partial charge in [-0.3, -0.25) is 0 Å². The Bertz CT molecular complexity index is 542. The Hall–Kier alpha value is -2.36. The number of nitrogens with zero attached hydrogens (tertiary/aromatic N) is 5. The van der Waals surface area contributed by atoms with Crippen LogP contribution in [-0.2, 0) is 0 Å². The molecule has 0 aromatic carbocycles. The summed E-state index contributed by atoms with van der Waals surface area (Å²) in [7, 11) is 0. The Morgan fingerprint density at radius 3 is 2.73 bits per heavy atom. The zero-order valence-electron chi connectivity index (χ0n) is 7.22. The quantitative estimate of drug-likeness (QED) is 0.694. The van der Waals surface area contributed by atoms with Crippen molar-refractivity contribution in [1.29, 1.82) is 5.26 Å². The van der Waals surface area contributed by atoms with E-state index in [1.165, 1.54) is 0 Å². The SMILES string of the molecule is N#Cc1ncn(-c2ncc(F)cc2F)n1. The minimum absolute atomic E-state index is 0.111. The fraction of sp³-hybridized carbons (Fsp3) is 0. The first kappa shape index (κ1) is 9.21. The Labute approximate surface area is 82.6 Å². The number of rotatable bonds is 1. The molecule has 0 saturated heterocycles. The van der Waals surface area contributed by atoms with E-state index < -0.39 is 11.6 Å². The minimum Gasteiger partial charge on any atom is -0.231 e. The molecule has 0 atom stereocenters. The van der Waals surface area contributed by atoms with Gasteiger partial charge in [0.15, 0.2) is 11.6 Å². The van der Waals surface area contributed by atoms with Gasteiger partial charge in [0.05, 0.1) is 6.20 Å². The van der Waals surface area contributed by atoms with Crippen LogP contribution in [0.25, 0.3) is 5.82 Å². The molecule has 0 bridgehead atoms. The third kappa shape index (κ3) is 1.65. The van der Waals surface area contributed by atoms with Crippen LogP contribution in [0.4, 0.5) is 8.78 Å². The monoisotopic (exact) mass is 207 g/mol. The Morgan fingerprint density at radius 1 is 1.33 bits per heavy atom. The summed E-state index contributed by atoms with van der Waals surface area (Å²) in [5, 5.41) is 12.1. The lowest BCUT2D eigenvalue weighted by atomic mass is 10.4. The molecule has 0 aliphatic rings. The second kappa shape index (κ2) is 3.42. The average Bonchev–Trinajstić information content (AvgIpc) is 2.66. The maximum Gasteiger partial charge on any atom is 0.252 e. The summed E-state index contributed by atoms with van der Waals surface area (Å²) in [6, 6.07) is 2.36. The molecule has 0 spiro atoms. The van der Waals surface area contributed by atoms with Gasteiger partial charge in [0.25, 0.3) is 5.82 Å². The first-order chi connectivity index (χ1) is 7.20. The van der Waals surface area contributed by atoms with E-state index in [0.717, 1.165) is 17.2 Å². The molecule has 7 heteroatoms. The zero-order chi connectivity index (χ0) is 10.8. The molecule has 0 fully saturated rings. The summed E-state index contributed by atoms with van der Waals surface area (Å²) in [5.74, 6) is -1.97. The standard InChI is InChI=1S/C8H3F2N5/c9-5-1-6(10)8(12-3-5)15-4-13-7(2-11)14-15/h1,3-4H. The van der Waals surface area contributed by atoms with Crippen molar-refractivity contribution in [3.8, 4) is 11.9 Å². The minimum atomic E-state index is -0.871. The topological polar surface area (TPSA) is 67.4 Å². The maximum atomic E-state index is 13.2. The van der Waals surface area contributed by atoms with E-state index in [2.05, 4.69) is 15.1 Å². The first-order valence-electron chi connectivity index (χ1n) is 3.84. The van der Waals surface area contributed by atoms with E-state index >= 15 is 0 Å². The normalized spacial score (nSPS) is 9.93. The predicted octanol–water partition coefficient (Wildman–Crippen LogP) is 0.812. The highest BCUT2D eigenvalue weighted by Crippen LogP contribution is 2.09. The van der Waals surface area contributed by atoms with Crippen LogP contribution in [0.1, 0.15) is 5.82 Å². The van der Waals surface area contributed by atoms with E-state index in [9.17, 15) is 8.78 Å². The van der Waals surface area contributed by atoms with Crippen molar-refractivity contribution in [3.63, 3.8) is 0 Å². The molecule has 0 saturated carbocycles. The van der Waals surface area contributed by atoms with Gasteiger partial charge in [0.1, 0.15) is 18.2 Å². The highest BCUT2D eigenvalue weighted by atomic mass is 19.1. The summed E-state index contributed by atoms with van der Waals surface area (Å²) in [5.41, 5.74) is 0. The van der Waals surface area contributed by atoms with E-state index in [4.69, 9.17) is 5.26 Å². The molecule has 2 aromatic heterocycles. The molecule has 2 heterocycles. The van der Waals surface area contributed by atoms with Gasteiger partial charge in [-0.1, -0.05) is 0 Å². The van der Waals surface area contributed by atoms with Gasteiger partial charge in [-0.15, -0.1) is 5.10 Å². The molecule has 0 aliphatic carbocycles. The lowest BCUT2D eigenvalue weighted by Crippen LogP contribution is -2.02. The summed E-state index contributed by atoms with van der Waals surface area (Å²) < 4.78 is 26.7. The molecular formula is C8H3F2N5. The summed E-state index contributed by atoms with van der Waals surface area (Å²) in [6.07, 6.45) is 1.98. The second-order valence-electron chi connectivity index (χ2n) is 2.58. The summed E-state index contributed by atoms with van der Waals surface area (Å²) in [4.78, 5) is 7.06. The van der Waals surface area contributed by atoms with E-state index in [0.29, 0.717) is 6.07 Å². The molecule has 0 radical (unpaired) electrons. The third-order valence-corrected chi connectivity index (χ3v) is 1.60. The van der Waals surface area contributed by atoms with Crippen LogP contribution in [0.2, 0.25) is 0 Å². The van der Waals surface area contributed by atoms with Gasteiger partial charge in [-0.05, 0) is 0 Å². The predicted molar refractivity (Wildman–Crippen MR) is 43.8 cm³/mol. The summed E-state index contributed by atoms with van der Waals surface area (Å²) >= 11 is 0. The van der Waals surface area contributed by atoms with Crippen molar-refractivity contribution in [2.75, 3.05) is 0 Å². The molecule has 0 unspecified atom stereocenters. The fourth-order valence-corrected chi connectivity index (χ4v) is 0.992. The van der Waals surface area contributed by atoms with Crippen LogP contribution in [0.3, 0.4) is 0 Å². The van der Waals surface area contributed by atoms with Gasteiger partial charge in [-0.2, -0.15) is 9.94 Å². The molecular weight excluding hydrogens is 204 g/mol. The second-order valence-corrected chi connectivity index (χ2v) is 2.58. The number of pyridine rings is 1. The number of halogens is 2. The number of aromatic nitrogens is 4. The van der Waals surface area contributed by atoms with E-state index in [1.807, 2.05) is 0 Å². The largest absolute Gasteiger partial charge is 0.252 e. The smallest absolute Gasteiger partial charge is 0.231 e.